The van der Waals surface area contributed by atoms with Gasteiger partial charge in [0.25, 0.3) is 0 Å². The summed E-state index contributed by atoms with van der Waals surface area (Å²) in [7, 11) is 0. The third-order valence-corrected chi connectivity index (χ3v) is 5.15. The summed E-state index contributed by atoms with van der Waals surface area (Å²) in [6.07, 6.45) is 2.16. The van der Waals surface area contributed by atoms with Crippen LogP contribution in [0.15, 0.2) is 30.1 Å². The van der Waals surface area contributed by atoms with E-state index >= 15 is 0 Å². The molecule has 5 nitrogen and oxygen atoms in total. The SMILES string of the molecule is Cc1cc(C)c2c(c1)/C=C/C[C@@H]1OC(C)(C)O[C@@H]1C(O)/C(F)=C\C[C@H](C)OC2=O. The van der Waals surface area contributed by atoms with Gasteiger partial charge in [0.2, 0.25) is 0 Å². The Morgan fingerprint density at radius 1 is 1.17 bits per heavy atom. The topological polar surface area (TPSA) is 65.0 Å². The van der Waals surface area contributed by atoms with Gasteiger partial charge in [0, 0.05) is 6.42 Å². The Kier molecular flexibility index (Phi) is 6.27. The van der Waals surface area contributed by atoms with Crippen LogP contribution in [-0.4, -0.2) is 41.3 Å². The molecule has 4 atom stereocenters. The van der Waals surface area contributed by atoms with Crippen LogP contribution >= 0.6 is 0 Å². The highest BCUT2D eigenvalue weighted by Crippen LogP contribution is 2.34. The highest BCUT2D eigenvalue weighted by atomic mass is 19.1. The van der Waals surface area contributed by atoms with E-state index in [-0.39, 0.29) is 6.42 Å². The van der Waals surface area contributed by atoms with E-state index < -0.39 is 42.0 Å². The summed E-state index contributed by atoms with van der Waals surface area (Å²) in [5.74, 6) is -2.08. The largest absolute Gasteiger partial charge is 0.459 e. The Bertz CT molecular complexity index is 842. The number of aryl methyl sites for hydroxylation is 2. The monoisotopic (exact) mass is 404 g/mol. The number of esters is 1. The summed E-state index contributed by atoms with van der Waals surface area (Å²) < 4.78 is 31.8. The van der Waals surface area contributed by atoms with E-state index in [1.165, 1.54) is 6.08 Å². The molecule has 1 unspecified atom stereocenters. The van der Waals surface area contributed by atoms with E-state index in [0.717, 1.165) is 16.7 Å². The molecule has 6 heteroatoms. The van der Waals surface area contributed by atoms with Crippen molar-refractivity contribution < 1.29 is 28.5 Å². The smallest absolute Gasteiger partial charge is 0.339 e. The molecule has 158 valence electrons. The lowest BCUT2D eigenvalue weighted by Gasteiger charge is -2.22. The van der Waals surface area contributed by atoms with Gasteiger partial charge in [-0.1, -0.05) is 29.8 Å². The van der Waals surface area contributed by atoms with Crippen molar-refractivity contribution in [1.82, 2.24) is 0 Å². The molecule has 0 aromatic heterocycles. The summed E-state index contributed by atoms with van der Waals surface area (Å²) in [5, 5.41) is 10.5. The van der Waals surface area contributed by atoms with E-state index in [4.69, 9.17) is 14.2 Å². The molecular weight excluding hydrogens is 375 g/mol. The van der Waals surface area contributed by atoms with Gasteiger partial charge in [-0.15, -0.1) is 0 Å². The molecule has 2 aliphatic rings. The number of rotatable bonds is 0. The lowest BCUT2D eigenvalue weighted by molar-refractivity contribution is -0.153. The highest BCUT2D eigenvalue weighted by molar-refractivity contribution is 5.95. The van der Waals surface area contributed by atoms with Gasteiger partial charge in [0.15, 0.2) is 5.79 Å². The van der Waals surface area contributed by atoms with Gasteiger partial charge >= 0.3 is 5.97 Å². The number of fused-ring (bicyclic) bond motifs is 2. The van der Waals surface area contributed by atoms with Gasteiger partial charge in [0.1, 0.15) is 24.1 Å². The van der Waals surface area contributed by atoms with Gasteiger partial charge in [-0.25, -0.2) is 9.18 Å². The van der Waals surface area contributed by atoms with Gasteiger partial charge in [-0.2, -0.15) is 0 Å². The number of benzene rings is 1. The minimum atomic E-state index is -1.45. The number of hydrogen-bond donors (Lipinski definition) is 1. The van der Waals surface area contributed by atoms with Gasteiger partial charge in [-0.3, -0.25) is 0 Å². The van der Waals surface area contributed by atoms with Crippen LogP contribution in [0.3, 0.4) is 0 Å². The molecule has 2 heterocycles. The number of aliphatic hydroxyl groups is 1. The standard InChI is InChI=1S/C23H29FO5/c1-13-11-14(2)19-16(12-13)7-6-8-18-21(29-23(4,5)28-18)20(25)17(24)10-9-15(3)27-22(19)26/h6-7,10-12,15,18,20-21,25H,8-9H2,1-5H3/b7-6+,17-10+/t15-,18-,20?,21-/m0/s1. The average Bonchev–Trinajstić information content (AvgIpc) is 2.92. The molecule has 1 aromatic carbocycles. The number of halogens is 1. The third kappa shape index (κ3) is 4.94. The molecule has 0 spiro atoms. The Morgan fingerprint density at radius 2 is 1.90 bits per heavy atom. The zero-order valence-electron chi connectivity index (χ0n) is 17.6. The van der Waals surface area contributed by atoms with Crippen molar-refractivity contribution in [1.29, 1.82) is 0 Å². The third-order valence-electron chi connectivity index (χ3n) is 5.15. The van der Waals surface area contributed by atoms with Gasteiger partial charge < -0.3 is 19.3 Å². The molecule has 1 aromatic rings. The van der Waals surface area contributed by atoms with Crippen LogP contribution in [0.1, 0.15) is 60.7 Å². The van der Waals surface area contributed by atoms with Gasteiger partial charge in [0.05, 0.1) is 11.7 Å². The number of carbonyl (C=O) groups excluding carboxylic acids is 1. The first-order valence-corrected chi connectivity index (χ1v) is 9.95. The van der Waals surface area contributed by atoms with Crippen LogP contribution in [-0.2, 0) is 14.2 Å². The molecule has 0 saturated carbocycles. The van der Waals surface area contributed by atoms with Gasteiger partial charge in [-0.05, 0) is 58.2 Å². The molecule has 1 saturated heterocycles. The number of carbonyl (C=O) groups is 1. The number of ether oxygens (including phenoxy) is 3. The fourth-order valence-corrected chi connectivity index (χ4v) is 3.90. The van der Waals surface area contributed by atoms with Crippen LogP contribution in [0, 0.1) is 13.8 Å². The highest BCUT2D eigenvalue weighted by Gasteiger charge is 2.45. The van der Waals surface area contributed by atoms with Crippen molar-refractivity contribution in [3.8, 4) is 0 Å². The number of cyclic esters (lactones) is 1. The minimum Gasteiger partial charge on any atom is -0.459 e. The lowest BCUT2D eigenvalue weighted by atomic mass is 9.97. The molecule has 0 radical (unpaired) electrons. The van der Waals surface area contributed by atoms with E-state index in [1.54, 1.807) is 20.8 Å². The average molecular weight is 404 g/mol. The van der Waals surface area contributed by atoms with Crippen LogP contribution in [0.25, 0.3) is 6.08 Å². The second kappa shape index (κ2) is 8.38. The normalized spacial score (nSPS) is 32.9. The molecule has 0 bridgehead atoms. The minimum absolute atomic E-state index is 0.145. The molecule has 0 amide bonds. The van der Waals surface area contributed by atoms with Crippen LogP contribution in [0.4, 0.5) is 4.39 Å². The molecule has 3 rings (SSSR count). The van der Waals surface area contributed by atoms with Crippen molar-refractivity contribution >= 4 is 12.0 Å². The zero-order valence-corrected chi connectivity index (χ0v) is 17.6. The predicted molar refractivity (Wildman–Crippen MR) is 108 cm³/mol. The van der Waals surface area contributed by atoms with E-state index in [0.29, 0.717) is 12.0 Å². The van der Waals surface area contributed by atoms with Crippen molar-refractivity contribution in [2.24, 2.45) is 0 Å². The Morgan fingerprint density at radius 3 is 2.62 bits per heavy atom. The second-order valence-corrected chi connectivity index (χ2v) is 8.31. The maximum absolute atomic E-state index is 14.6. The summed E-state index contributed by atoms with van der Waals surface area (Å²) >= 11 is 0. The maximum Gasteiger partial charge on any atom is 0.339 e. The lowest BCUT2D eigenvalue weighted by Crippen LogP contribution is -2.36. The zero-order chi connectivity index (χ0) is 21.3. The maximum atomic E-state index is 14.6. The van der Waals surface area contributed by atoms with Crippen molar-refractivity contribution in [3.63, 3.8) is 0 Å². The first-order chi connectivity index (χ1) is 13.6. The summed E-state index contributed by atoms with van der Waals surface area (Å²) in [6, 6.07) is 3.86. The Balaban J connectivity index is 2.01. The molecule has 0 aliphatic carbocycles. The van der Waals surface area contributed by atoms with Crippen molar-refractivity contribution in [3.05, 3.63) is 52.4 Å². The summed E-state index contributed by atoms with van der Waals surface area (Å²) in [4.78, 5) is 12.8. The van der Waals surface area contributed by atoms with E-state index in [1.807, 2.05) is 38.1 Å². The van der Waals surface area contributed by atoms with Crippen LogP contribution in [0.2, 0.25) is 0 Å². The Hall–Kier alpha value is -2.02. The molecule has 1 N–H and O–H groups in total. The summed E-state index contributed by atoms with van der Waals surface area (Å²) in [5.41, 5.74) is 3.12. The first-order valence-electron chi connectivity index (χ1n) is 9.95. The summed E-state index contributed by atoms with van der Waals surface area (Å²) in [6.45, 7) is 9.01. The van der Waals surface area contributed by atoms with Crippen molar-refractivity contribution in [2.75, 3.05) is 0 Å². The van der Waals surface area contributed by atoms with Crippen LogP contribution < -0.4 is 0 Å². The quantitative estimate of drug-likeness (QED) is 0.650. The van der Waals surface area contributed by atoms with E-state index in [9.17, 15) is 14.3 Å². The molecule has 2 aliphatic heterocycles. The van der Waals surface area contributed by atoms with Crippen molar-refractivity contribution in [2.45, 2.75) is 77.7 Å². The fourth-order valence-electron chi connectivity index (χ4n) is 3.90. The molecule has 29 heavy (non-hydrogen) atoms. The predicted octanol–water partition coefficient (Wildman–Crippen LogP) is 4.39. The number of aliphatic hydroxyl groups excluding tert-OH is 1. The second-order valence-electron chi connectivity index (χ2n) is 8.31. The van der Waals surface area contributed by atoms with Crippen LogP contribution in [0.5, 0.6) is 0 Å². The first kappa shape index (κ1) is 21.7. The van der Waals surface area contributed by atoms with E-state index in [2.05, 4.69) is 0 Å². The molecular formula is C23H29FO5. The fraction of sp³-hybridized carbons (Fsp3) is 0.522. The number of hydrogen-bond acceptors (Lipinski definition) is 5. The molecule has 1 fully saturated rings. The Labute approximate surface area is 171 Å².